The van der Waals surface area contributed by atoms with Crippen molar-refractivity contribution in [3.63, 3.8) is 0 Å². The number of aliphatic hydroxyl groups excluding tert-OH is 1. The maximum Gasteiger partial charge on any atom is 0.315 e. The van der Waals surface area contributed by atoms with Crippen LogP contribution in [0.25, 0.3) is 0 Å². The molecule has 0 atom stereocenters. The first-order chi connectivity index (χ1) is 8.47. The molecular weight excluding hydrogens is 228 g/mol. The van der Waals surface area contributed by atoms with Gasteiger partial charge in [-0.1, -0.05) is 30.3 Å². The first-order valence-corrected chi connectivity index (χ1v) is 6.24. The summed E-state index contributed by atoms with van der Waals surface area (Å²) in [6.45, 7) is 3.49. The summed E-state index contributed by atoms with van der Waals surface area (Å²) >= 11 is 0. The monoisotopic (exact) mass is 248 g/mol. The van der Waals surface area contributed by atoms with Crippen molar-refractivity contribution in [3.8, 4) is 0 Å². The third-order valence-electron chi connectivity index (χ3n) is 3.28. The Balaban J connectivity index is 2.00. The summed E-state index contributed by atoms with van der Waals surface area (Å²) in [5.41, 5.74) is 0.329. The van der Waals surface area contributed by atoms with E-state index in [-0.39, 0.29) is 18.2 Å². The summed E-state index contributed by atoms with van der Waals surface area (Å²) in [5.74, 6) is 0. The average Bonchev–Trinajstić information content (AvgIpc) is 3.10. The second-order valence-corrected chi connectivity index (χ2v) is 5.57. The van der Waals surface area contributed by atoms with Gasteiger partial charge in [0.2, 0.25) is 0 Å². The van der Waals surface area contributed by atoms with E-state index in [9.17, 15) is 4.79 Å². The van der Waals surface area contributed by atoms with Crippen LogP contribution in [0, 0.1) is 0 Å². The molecule has 0 heterocycles. The van der Waals surface area contributed by atoms with Gasteiger partial charge >= 0.3 is 6.03 Å². The lowest BCUT2D eigenvalue weighted by Crippen LogP contribution is -2.52. The lowest BCUT2D eigenvalue weighted by Gasteiger charge is -2.26. The molecule has 0 unspecified atom stereocenters. The maximum absolute atomic E-state index is 11.9. The zero-order valence-electron chi connectivity index (χ0n) is 10.9. The normalized spacial score (nSPS) is 17.1. The molecule has 1 saturated carbocycles. The Labute approximate surface area is 107 Å². The van der Waals surface area contributed by atoms with Crippen molar-refractivity contribution in [2.75, 3.05) is 6.61 Å². The maximum atomic E-state index is 11.9. The first kappa shape index (κ1) is 12.9. The highest BCUT2D eigenvalue weighted by molar-refractivity contribution is 5.76. The van der Waals surface area contributed by atoms with Crippen molar-refractivity contribution in [1.29, 1.82) is 0 Å². The molecule has 18 heavy (non-hydrogen) atoms. The second kappa shape index (κ2) is 4.61. The van der Waals surface area contributed by atoms with Crippen LogP contribution in [0.2, 0.25) is 0 Å². The Kier molecular flexibility index (Phi) is 3.30. The van der Waals surface area contributed by atoms with Crippen molar-refractivity contribution < 1.29 is 9.90 Å². The van der Waals surface area contributed by atoms with Crippen LogP contribution in [0.15, 0.2) is 30.3 Å². The van der Waals surface area contributed by atoms with Gasteiger partial charge in [-0.05, 0) is 32.3 Å². The molecule has 1 aliphatic rings. The van der Waals surface area contributed by atoms with Gasteiger partial charge in [0.1, 0.15) is 0 Å². The largest absolute Gasteiger partial charge is 0.394 e. The zero-order valence-corrected chi connectivity index (χ0v) is 10.9. The Hall–Kier alpha value is -1.55. The molecule has 2 rings (SSSR count). The number of urea groups is 1. The summed E-state index contributed by atoms with van der Waals surface area (Å²) in [4.78, 5) is 11.9. The lowest BCUT2D eigenvalue weighted by molar-refractivity contribution is 0.179. The molecule has 4 heteroatoms. The predicted octanol–water partition coefficient (Wildman–Crippen LogP) is 1.75. The molecular formula is C14H20N2O2. The van der Waals surface area contributed by atoms with Gasteiger partial charge in [-0.3, -0.25) is 0 Å². The summed E-state index contributed by atoms with van der Waals surface area (Å²) < 4.78 is 0. The van der Waals surface area contributed by atoms with Crippen LogP contribution in [-0.2, 0) is 5.54 Å². The van der Waals surface area contributed by atoms with E-state index in [1.54, 1.807) is 13.8 Å². The Morgan fingerprint density at radius 3 is 2.44 bits per heavy atom. The van der Waals surface area contributed by atoms with E-state index >= 15 is 0 Å². The van der Waals surface area contributed by atoms with Gasteiger partial charge < -0.3 is 15.7 Å². The van der Waals surface area contributed by atoms with Crippen LogP contribution in [0.4, 0.5) is 4.79 Å². The predicted molar refractivity (Wildman–Crippen MR) is 70.2 cm³/mol. The lowest BCUT2D eigenvalue weighted by atomic mass is 10.0. The van der Waals surface area contributed by atoms with E-state index in [4.69, 9.17) is 5.11 Å². The van der Waals surface area contributed by atoms with Crippen molar-refractivity contribution in [1.82, 2.24) is 10.6 Å². The number of hydrogen-bond donors (Lipinski definition) is 3. The van der Waals surface area contributed by atoms with E-state index in [1.807, 2.05) is 30.3 Å². The van der Waals surface area contributed by atoms with Crippen LogP contribution >= 0.6 is 0 Å². The average molecular weight is 248 g/mol. The SMILES string of the molecule is CC(C)(CO)NC(=O)NC1(c2ccccc2)CC1. The minimum atomic E-state index is -0.600. The number of benzene rings is 1. The Bertz CT molecular complexity index is 425. The minimum absolute atomic E-state index is 0.0846. The quantitative estimate of drug-likeness (QED) is 0.760. The topological polar surface area (TPSA) is 61.4 Å². The molecule has 0 bridgehead atoms. The highest BCUT2D eigenvalue weighted by atomic mass is 16.3. The number of carbonyl (C=O) groups excluding carboxylic acids is 1. The summed E-state index contributed by atoms with van der Waals surface area (Å²) in [6.07, 6.45) is 1.92. The molecule has 2 amide bonds. The van der Waals surface area contributed by atoms with Gasteiger partial charge in [0.05, 0.1) is 17.7 Å². The van der Waals surface area contributed by atoms with Crippen LogP contribution in [0.1, 0.15) is 32.3 Å². The number of rotatable bonds is 4. The smallest absolute Gasteiger partial charge is 0.315 e. The molecule has 0 aliphatic heterocycles. The van der Waals surface area contributed by atoms with Gasteiger partial charge in [0, 0.05) is 0 Å². The molecule has 1 aliphatic carbocycles. The van der Waals surface area contributed by atoms with Crippen LogP contribution < -0.4 is 10.6 Å². The van der Waals surface area contributed by atoms with E-state index < -0.39 is 5.54 Å². The summed E-state index contributed by atoms with van der Waals surface area (Å²) in [5, 5.41) is 14.9. The van der Waals surface area contributed by atoms with Crippen LogP contribution in [0.3, 0.4) is 0 Å². The number of aliphatic hydroxyl groups is 1. The molecule has 1 aromatic carbocycles. The first-order valence-electron chi connectivity index (χ1n) is 6.24. The molecule has 0 spiro atoms. The number of hydrogen-bond acceptors (Lipinski definition) is 2. The van der Waals surface area contributed by atoms with E-state index in [0.29, 0.717) is 0 Å². The van der Waals surface area contributed by atoms with Crippen LogP contribution in [0.5, 0.6) is 0 Å². The van der Waals surface area contributed by atoms with Crippen molar-refractivity contribution in [2.24, 2.45) is 0 Å². The number of amides is 2. The Morgan fingerprint density at radius 1 is 1.33 bits per heavy atom. The molecule has 0 radical (unpaired) electrons. The van der Waals surface area contributed by atoms with Gasteiger partial charge in [0.25, 0.3) is 0 Å². The fourth-order valence-corrected chi connectivity index (χ4v) is 1.96. The van der Waals surface area contributed by atoms with Crippen molar-refractivity contribution in [2.45, 2.75) is 37.8 Å². The highest BCUT2D eigenvalue weighted by Crippen LogP contribution is 2.45. The molecule has 3 N–H and O–H groups in total. The summed E-state index contributed by atoms with van der Waals surface area (Å²) in [7, 11) is 0. The Morgan fingerprint density at radius 2 is 1.94 bits per heavy atom. The molecule has 1 aromatic rings. The highest BCUT2D eigenvalue weighted by Gasteiger charge is 2.45. The number of nitrogens with one attached hydrogen (secondary N) is 2. The second-order valence-electron chi connectivity index (χ2n) is 5.57. The number of carbonyl (C=O) groups is 1. The molecule has 4 nitrogen and oxygen atoms in total. The molecule has 0 saturated heterocycles. The third kappa shape index (κ3) is 2.82. The fraction of sp³-hybridized carbons (Fsp3) is 0.500. The molecule has 1 fully saturated rings. The molecule has 98 valence electrons. The van der Waals surface area contributed by atoms with E-state index in [2.05, 4.69) is 10.6 Å². The van der Waals surface area contributed by atoms with Gasteiger partial charge in [-0.15, -0.1) is 0 Å². The fourth-order valence-electron chi connectivity index (χ4n) is 1.96. The third-order valence-corrected chi connectivity index (χ3v) is 3.28. The zero-order chi connectivity index (χ0) is 13.2. The van der Waals surface area contributed by atoms with Gasteiger partial charge in [0.15, 0.2) is 0 Å². The van der Waals surface area contributed by atoms with Gasteiger partial charge in [-0.25, -0.2) is 4.79 Å². The molecule has 0 aromatic heterocycles. The van der Waals surface area contributed by atoms with Crippen molar-refractivity contribution >= 4 is 6.03 Å². The van der Waals surface area contributed by atoms with Gasteiger partial charge in [-0.2, -0.15) is 0 Å². The van der Waals surface area contributed by atoms with E-state index in [1.165, 1.54) is 0 Å². The standard InChI is InChI=1S/C14H20N2O2/c1-13(2,10-17)15-12(18)16-14(8-9-14)11-6-4-3-5-7-11/h3-7,17H,8-10H2,1-2H3,(H2,15,16,18). The van der Waals surface area contributed by atoms with Crippen molar-refractivity contribution in [3.05, 3.63) is 35.9 Å². The van der Waals surface area contributed by atoms with Crippen LogP contribution in [-0.4, -0.2) is 23.3 Å². The van der Waals surface area contributed by atoms with E-state index in [0.717, 1.165) is 18.4 Å². The summed E-state index contributed by atoms with van der Waals surface area (Å²) in [6, 6.07) is 9.76. The minimum Gasteiger partial charge on any atom is -0.394 e.